The van der Waals surface area contributed by atoms with Gasteiger partial charge in [0, 0.05) is 25.3 Å². The van der Waals surface area contributed by atoms with Gasteiger partial charge in [0.05, 0.1) is 17.2 Å². The highest BCUT2D eigenvalue weighted by Gasteiger charge is 2.32. The molecule has 1 saturated heterocycles. The first-order valence-corrected chi connectivity index (χ1v) is 9.75. The van der Waals surface area contributed by atoms with E-state index in [1.807, 2.05) is 20.9 Å². The molecule has 4 rings (SSSR count). The molecule has 8 nitrogen and oxygen atoms in total. The summed E-state index contributed by atoms with van der Waals surface area (Å²) in [7, 11) is 1.88. The molecule has 28 heavy (non-hydrogen) atoms. The van der Waals surface area contributed by atoms with Crippen LogP contribution >= 0.6 is 11.3 Å². The molecule has 1 fully saturated rings. The molecular formula is C18H20FN7OS. The molecule has 0 saturated carbocycles. The summed E-state index contributed by atoms with van der Waals surface area (Å²) in [6.07, 6.45) is 2.73. The van der Waals surface area contributed by atoms with Gasteiger partial charge in [0.15, 0.2) is 11.3 Å². The van der Waals surface area contributed by atoms with E-state index in [4.69, 9.17) is 0 Å². The Morgan fingerprint density at radius 2 is 2.11 bits per heavy atom. The Labute approximate surface area is 165 Å². The molecule has 3 aromatic rings. The Morgan fingerprint density at radius 1 is 1.32 bits per heavy atom. The number of fused-ring (bicyclic) bond motifs is 1. The number of nitrogens with one attached hydrogen (secondary N) is 2. The van der Waals surface area contributed by atoms with Crippen LogP contribution in [0.5, 0.6) is 0 Å². The number of amides is 1. The van der Waals surface area contributed by atoms with Crippen LogP contribution in [0.3, 0.4) is 0 Å². The summed E-state index contributed by atoms with van der Waals surface area (Å²) in [4.78, 5) is 31.9. The lowest BCUT2D eigenvalue weighted by Crippen LogP contribution is -2.59. The van der Waals surface area contributed by atoms with Crippen molar-refractivity contribution in [3.63, 3.8) is 0 Å². The van der Waals surface area contributed by atoms with Gasteiger partial charge in [0.1, 0.15) is 10.5 Å². The summed E-state index contributed by atoms with van der Waals surface area (Å²) >= 11 is 1.40. The van der Waals surface area contributed by atoms with Crippen LogP contribution in [0.15, 0.2) is 18.5 Å². The molecule has 0 unspecified atom stereocenters. The Hall–Kier alpha value is -2.72. The van der Waals surface area contributed by atoms with Gasteiger partial charge >= 0.3 is 0 Å². The molecule has 4 heterocycles. The first-order valence-electron chi connectivity index (χ1n) is 8.93. The second kappa shape index (κ2) is 7.36. The number of carbonyl (C=O) groups excluding carboxylic acids is 1. The van der Waals surface area contributed by atoms with Crippen molar-refractivity contribution in [3.05, 3.63) is 40.5 Å². The molecule has 1 amide bonds. The number of halogens is 1. The fraction of sp³-hybridized carbons (Fsp3) is 0.389. The molecule has 1 aliphatic rings. The van der Waals surface area contributed by atoms with Crippen LogP contribution < -0.4 is 10.6 Å². The molecule has 3 aromatic heterocycles. The number of nitrogens with zero attached hydrogens (tertiary/aromatic N) is 5. The zero-order valence-electron chi connectivity index (χ0n) is 15.7. The Bertz CT molecular complexity index is 1030. The first-order chi connectivity index (χ1) is 13.4. The molecule has 0 radical (unpaired) electrons. The van der Waals surface area contributed by atoms with Crippen molar-refractivity contribution >= 4 is 33.5 Å². The normalized spacial score (nSPS) is 15.5. The average molecular weight is 401 g/mol. The molecule has 0 aromatic carbocycles. The van der Waals surface area contributed by atoms with Gasteiger partial charge in [-0.25, -0.2) is 14.4 Å². The number of aryl methyl sites for hydroxylation is 1. The van der Waals surface area contributed by atoms with Crippen molar-refractivity contribution in [2.75, 3.05) is 25.5 Å². The van der Waals surface area contributed by atoms with Crippen LogP contribution in [0, 0.1) is 12.7 Å². The highest BCUT2D eigenvalue weighted by atomic mass is 32.1. The monoisotopic (exact) mass is 401 g/mol. The molecule has 0 spiro atoms. The first kappa shape index (κ1) is 18.6. The summed E-state index contributed by atoms with van der Waals surface area (Å²) in [5.41, 5.74) is 1.49. The van der Waals surface area contributed by atoms with Gasteiger partial charge in [0.2, 0.25) is 5.95 Å². The summed E-state index contributed by atoms with van der Waals surface area (Å²) in [5.74, 6) is -0.264. The van der Waals surface area contributed by atoms with Crippen molar-refractivity contribution in [3.8, 4) is 0 Å². The fourth-order valence-corrected chi connectivity index (χ4v) is 3.90. The third-order valence-corrected chi connectivity index (χ3v) is 5.68. The highest BCUT2D eigenvalue weighted by molar-refractivity contribution is 7.18. The fourth-order valence-electron chi connectivity index (χ4n) is 3.06. The van der Waals surface area contributed by atoms with Crippen molar-refractivity contribution in [2.45, 2.75) is 25.9 Å². The van der Waals surface area contributed by atoms with E-state index in [2.05, 4.69) is 30.6 Å². The van der Waals surface area contributed by atoms with Gasteiger partial charge < -0.3 is 15.5 Å². The number of likely N-dealkylation sites (tertiary alicyclic amines) is 1. The Morgan fingerprint density at radius 3 is 2.82 bits per heavy atom. The third kappa shape index (κ3) is 3.52. The molecule has 1 atom stereocenters. The van der Waals surface area contributed by atoms with Crippen molar-refractivity contribution in [1.29, 1.82) is 0 Å². The third-order valence-electron chi connectivity index (χ3n) is 4.71. The average Bonchev–Trinajstić information content (AvgIpc) is 3.00. The maximum absolute atomic E-state index is 13.5. The predicted octanol–water partition coefficient (Wildman–Crippen LogP) is 2.15. The number of likely N-dealkylation sites (N-methyl/N-ethyl adjacent to an activating group) is 1. The van der Waals surface area contributed by atoms with E-state index in [0.717, 1.165) is 11.2 Å². The van der Waals surface area contributed by atoms with Gasteiger partial charge in [-0.3, -0.25) is 9.78 Å². The quantitative estimate of drug-likeness (QED) is 0.676. The number of hydrogen-bond donors (Lipinski definition) is 2. The molecule has 146 valence electrons. The lowest BCUT2D eigenvalue weighted by Gasteiger charge is -2.38. The summed E-state index contributed by atoms with van der Waals surface area (Å²) in [5, 5.41) is 7.10. The lowest BCUT2D eigenvalue weighted by atomic mass is 10.1. The molecule has 2 N–H and O–H groups in total. The van der Waals surface area contributed by atoms with Gasteiger partial charge in [-0.05, 0) is 32.5 Å². The number of thiazole rings is 1. The van der Waals surface area contributed by atoms with Crippen LogP contribution in [0.25, 0.3) is 10.3 Å². The van der Waals surface area contributed by atoms with Crippen LogP contribution in [0.2, 0.25) is 0 Å². The highest BCUT2D eigenvalue weighted by Crippen LogP contribution is 2.27. The maximum Gasteiger partial charge on any atom is 0.274 e. The van der Waals surface area contributed by atoms with Gasteiger partial charge in [-0.15, -0.1) is 11.3 Å². The SMILES string of the molecule is CNC1CN(C(=O)c2nc(N[C@@H](C)c3cncc(F)c3)nc3nc(C)sc23)C1. The Balaban J connectivity index is 1.65. The van der Waals surface area contributed by atoms with Crippen LogP contribution in [0.4, 0.5) is 10.3 Å². The maximum atomic E-state index is 13.5. The second-order valence-corrected chi connectivity index (χ2v) is 7.98. The van der Waals surface area contributed by atoms with Crippen LogP contribution in [0.1, 0.15) is 34.0 Å². The number of aromatic nitrogens is 4. The predicted molar refractivity (Wildman–Crippen MR) is 105 cm³/mol. The molecular weight excluding hydrogens is 381 g/mol. The molecule has 0 bridgehead atoms. The standard InChI is InChI=1S/C18H20FN7OS/c1-9(11-4-12(19)6-21-5-11)22-18-24-14(15-16(25-18)23-10(2)28-15)17(27)26-7-13(8-26)20-3/h4-6,9,13,20H,7-8H2,1-3H3,(H,22,24,25)/t9-/m0/s1. The zero-order chi connectivity index (χ0) is 19.8. The van der Waals surface area contributed by atoms with Gasteiger partial charge in [-0.1, -0.05) is 0 Å². The van der Waals surface area contributed by atoms with E-state index >= 15 is 0 Å². The minimum absolute atomic E-state index is 0.134. The number of pyridine rings is 1. The van der Waals surface area contributed by atoms with Crippen LogP contribution in [-0.4, -0.2) is 56.9 Å². The van der Waals surface area contributed by atoms with E-state index in [-0.39, 0.29) is 17.9 Å². The number of carbonyl (C=O) groups is 1. The molecule has 10 heteroatoms. The van der Waals surface area contributed by atoms with E-state index in [0.29, 0.717) is 40.7 Å². The number of anilines is 1. The minimum atomic E-state index is -0.412. The number of hydrogen-bond acceptors (Lipinski definition) is 8. The lowest BCUT2D eigenvalue weighted by molar-refractivity contribution is 0.0573. The van der Waals surface area contributed by atoms with E-state index in [1.165, 1.54) is 17.4 Å². The van der Waals surface area contributed by atoms with Crippen molar-refractivity contribution in [1.82, 2.24) is 30.2 Å². The Kier molecular flexibility index (Phi) is 4.90. The summed E-state index contributed by atoms with van der Waals surface area (Å²) in [6.45, 7) is 5.01. The van der Waals surface area contributed by atoms with Crippen LogP contribution in [-0.2, 0) is 0 Å². The smallest absolute Gasteiger partial charge is 0.274 e. The van der Waals surface area contributed by atoms with Crippen molar-refractivity contribution in [2.24, 2.45) is 0 Å². The van der Waals surface area contributed by atoms with E-state index < -0.39 is 5.82 Å². The summed E-state index contributed by atoms with van der Waals surface area (Å²) < 4.78 is 14.1. The minimum Gasteiger partial charge on any atom is -0.348 e. The van der Waals surface area contributed by atoms with Gasteiger partial charge in [0.25, 0.3) is 5.91 Å². The van der Waals surface area contributed by atoms with E-state index in [9.17, 15) is 9.18 Å². The molecule has 0 aliphatic carbocycles. The molecule has 1 aliphatic heterocycles. The van der Waals surface area contributed by atoms with Crippen molar-refractivity contribution < 1.29 is 9.18 Å². The number of rotatable bonds is 5. The van der Waals surface area contributed by atoms with E-state index in [1.54, 1.807) is 11.1 Å². The largest absolute Gasteiger partial charge is 0.348 e. The second-order valence-electron chi connectivity index (χ2n) is 6.78. The summed E-state index contributed by atoms with van der Waals surface area (Å²) in [6, 6.07) is 1.42. The topological polar surface area (TPSA) is 95.9 Å². The van der Waals surface area contributed by atoms with Gasteiger partial charge in [-0.2, -0.15) is 4.98 Å². The zero-order valence-corrected chi connectivity index (χ0v) is 16.5.